The maximum Gasteiger partial charge on any atom is 0.343 e. The smallest absolute Gasteiger partial charge is 0.343 e. The number of esters is 1. The number of hydrogen-bond acceptors (Lipinski definition) is 8. The van der Waals surface area contributed by atoms with Gasteiger partial charge >= 0.3 is 5.97 Å². The quantitative estimate of drug-likeness (QED) is 0.374. The summed E-state index contributed by atoms with van der Waals surface area (Å²) < 4.78 is 15.8. The molecule has 0 bridgehead atoms. The van der Waals surface area contributed by atoms with E-state index in [0.717, 1.165) is 27.8 Å². The summed E-state index contributed by atoms with van der Waals surface area (Å²) in [5, 5.41) is 2.24. The summed E-state index contributed by atoms with van der Waals surface area (Å²) in [6, 6.07) is 8.79. The maximum atomic E-state index is 12.9. The average Bonchev–Trinajstić information content (AvgIpc) is 3.08. The summed E-state index contributed by atoms with van der Waals surface area (Å²) >= 11 is 4.14. The van der Waals surface area contributed by atoms with Gasteiger partial charge in [0.2, 0.25) is 5.91 Å². The van der Waals surface area contributed by atoms with Gasteiger partial charge < -0.3 is 19.5 Å². The van der Waals surface area contributed by atoms with Gasteiger partial charge in [-0.1, -0.05) is 34.1 Å². The van der Waals surface area contributed by atoms with Crippen molar-refractivity contribution >= 4 is 62.5 Å². The van der Waals surface area contributed by atoms with Gasteiger partial charge in [-0.2, -0.15) is 0 Å². The number of nitrogens with zero attached hydrogens (tertiary/aromatic N) is 1. The molecule has 1 fully saturated rings. The van der Waals surface area contributed by atoms with Crippen LogP contribution in [0.25, 0.3) is 6.08 Å². The van der Waals surface area contributed by atoms with E-state index < -0.39 is 29.6 Å². The first kappa shape index (κ1) is 26.3. The van der Waals surface area contributed by atoms with E-state index in [1.807, 2.05) is 32.0 Å². The molecule has 0 spiro atoms. The number of halogens is 1. The normalized spacial score (nSPS) is 14.3. The van der Waals surface area contributed by atoms with Crippen LogP contribution in [0.4, 0.5) is 10.5 Å². The Morgan fingerprint density at radius 2 is 1.80 bits per heavy atom. The van der Waals surface area contributed by atoms with E-state index in [2.05, 4.69) is 26.0 Å². The van der Waals surface area contributed by atoms with Crippen LogP contribution in [-0.4, -0.2) is 55.3 Å². The number of hydrogen-bond donors (Lipinski definition) is 1. The molecule has 0 aromatic heterocycles. The van der Waals surface area contributed by atoms with E-state index in [-0.39, 0.29) is 17.3 Å². The van der Waals surface area contributed by atoms with Gasteiger partial charge in [0.05, 0.1) is 19.1 Å². The van der Waals surface area contributed by atoms with Crippen LogP contribution in [0, 0.1) is 13.8 Å². The molecule has 2 aromatic rings. The fourth-order valence-corrected chi connectivity index (χ4v) is 4.51. The molecule has 1 aliphatic heterocycles. The van der Waals surface area contributed by atoms with Crippen molar-refractivity contribution < 1.29 is 33.4 Å². The second-order valence-electron chi connectivity index (χ2n) is 7.47. The standard InChI is InChI=1S/C24H23BrN2O7S/c1-13-6-5-7-14(2)22(13)26-20(28)11-27-23(30)19(35-24(27)31)9-15-8-17(32-3)18(10-16(15)25)34-12-21(29)33-4/h5-10H,11-12H2,1-4H3,(H,26,28)/b19-9+. The molecule has 9 nitrogen and oxygen atoms in total. The topological polar surface area (TPSA) is 111 Å². The van der Waals surface area contributed by atoms with E-state index in [4.69, 9.17) is 9.47 Å². The predicted octanol–water partition coefficient (Wildman–Crippen LogP) is 4.30. The minimum absolute atomic E-state index is 0.154. The van der Waals surface area contributed by atoms with Crippen LogP contribution in [0.3, 0.4) is 0 Å². The van der Waals surface area contributed by atoms with Crippen molar-refractivity contribution in [1.82, 2.24) is 4.90 Å². The first-order valence-electron chi connectivity index (χ1n) is 10.3. The number of methoxy groups -OCH3 is 2. The van der Waals surface area contributed by atoms with Crippen LogP contribution < -0.4 is 14.8 Å². The number of nitrogens with one attached hydrogen (secondary N) is 1. The first-order chi connectivity index (χ1) is 16.6. The zero-order valence-electron chi connectivity index (χ0n) is 19.5. The number of carbonyl (C=O) groups is 4. The fraction of sp³-hybridized carbons (Fsp3) is 0.250. The van der Waals surface area contributed by atoms with Gasteiger partial charge in [0.1, 0.15) is 6.54 Å². The van der Waals surface area contributed by atoms with Crippen LogP contribution in [0.5, 0.6) is 11.5 Å². The molecular formula is C24H23BrN2O7S. The molecule has 184 valence electrons. The van der Waals surface area contributed by atoms with Gasteiger partial charge in [0, 0.05) is 10.2 Å². The first-order valence-corrected chi connectivity index (χ1v) is 11.9. The average molecular weight is 563 g/mol. The van der Waals surface area contributed by atoms with E-state index in [0.29, 0.717) is 21.5 Å². The molecule has 35 heavy (non-hydrogen) atoms. The maximum absolute atomic E-state index is 12.9. The van der Waals surface area contributed by atoms with Crippen LogP contribution >= 0.6 is 27.7 Å². The minimum atomic E-state index is -0.575. The van der Waals surface area contributed by atoms with Crippen LogP contribution in [0.15, 0.2) is 39.7 Å². The highest BCUT2D eigenvalue weighted by Crippen LogP contribution is 2.38. The summed E-state index contributed by atoms with van der Waals surface area (Å²) in [5.74, 6) is -0.995. The number of benzene rings is 2. The number of anilines is 1. The number of imide groups is 1. The Balaban J connectivity index is 1.76. The van der Waals surface area contributed by atoms with E-state index in [9.17, 15) is 19.2 Å². The third kappa shape index (κ3) is 6.23. The Labute approximate surface area is 214 Å². The van der Waals surface area contributed by atoms with Gasteiger partial charge in [0.25, 0.3) is 11.1 Å². The molecule has 1 N–H and O–H groups in total. The lowest BCUT2D eigenvalue weighted by atomic mass is 10.1. The van der Waals surface area contributed by atoms with Crippen molar-refractivity contribution in [3.05, 3.63) is 56.4 Å². The Bertz CT molecular complexity index is 1210. The number of carbonyl (C=O) groups excluding carboxylic acids is 4. The summed E-state index contributed by atoms with van der Waals surface area (Å²) in [5.41, 5.74) is 2.96. The van der Waals surface area contributed by atoms with Gasteiger partial charge in [0.15, 0.2) is 18.1 Å². The highest BCUT2D eigenvalue weighted by Gasteiger charge is 2.36. The summed E-state index contributed by atoms with van der Waals surface area (Å²) in [7, 11) is 2.68. The van der Waals surface area contributed by atoms with Crippen molar-refractivity contribution in [2.45, 2.75) is 13.8 Å². The fourth-order valence-electron chi connectivity index (χ4n) is 3.24. The molecule has 1 heterocycles. The van der Waals surface area contributed by atoms with E-state index in [1.54, 1.807) is 12.1 Å². The highest BCUT2D eigenvalue weighted by molar-refractivity contribution is 9.10. The van der Waals surface area contributed by atoms with Crippen molar-refractivity contribution in [2.24, 2.45) is 0 Å². The lowest BCUT2D eigenvalue weighted by Crippen LogP contribution is -2.36. The molecule has 0 atom stereocenters. The Morgan fingerprint density at radius 3 is 2.43 bits per heavy atom. The molecule has 2 aromatic carbocycles. The second-order valence-corrected chi connectivity index (χ2v) is 9.32. The summed E-state index contributed by atoms with van der Waals surface area (Å²) in [4.78, 5) is 50.4. The minimum Gasteiger partial charge on any atom is -0.493 e. The third-order valence-electron chi connectivity index (χ3n) is 5.06. The number of para-hydroxylation sites is 1. The molecule has 0 radical (unpaired) electrons. The van der Waals surface area contributed by atoms with E-state index >= 15 is 0 Å². The summed E-state index contributed by atoms with van der Waals surface area (Å²) in [6.45, 7) is 3.02. The number of rotatable bonds is 8. The Hall–Kier alpha value is -3.31. The largest absolute Gasteiger partial charge is 0.493 e. The summed E-state index contributed by atoms with van der Waals surface area (Å²) in [6.07, 6.45) is 1.52. The van der Waals surface area contributed by atoms with Gasteiger partial charge in [-0.15, -0.1) is 0 Å². The van der Waals surface area contributed by atoms with Gasteiger partial charge in [-0.05, 0) is 60.5 Å². The number of ether oxygens (including phenoxy) is 3. The highest BCUT2D eigenvalue weighted by atomic mass is 79.9. The molecule has 3 rings (SSSR count). The predicted molar refractivity (Wildman–Crippen MR) is 135 cm³/mol. The molecule has 0 aliphatic carbocycles. The van der Waals surface area contributed by atoms with Gasteiger partial charge in [-0.3, -0.25) is 19.3 Å². The molecular weight excluding hydrogens is 540 g/mol. The molecule has 0 saturated carbocycles. The molecule has 0 unspecified atom stereocenters. The lowest BCUT2D eigenvalue weighted by Gasteiger charge is -2.15. The van der Waals surface area contributed by atoms with Crippen LogP contribution in [-0.2, 0) is 19.1 Å². The number of thioether (sulfide) groups is 1. The molecule has 1 saturated heterocycles. The second kappa shape index (κ2) is 11.4. The number of aryl methyl sites for hydroxylation is 2. The zero-order chi connectivity index (χ0) is 25.7. The number of amides is 3. The molecule has 3 amide bonds. The van der Waals surface area contributed by atoms with Crippen LogP contribution in [0.2, 0.25) is 0 Å². The Kier molecular flexibility index (Phi) is 8.57. The van der Waals surface area contributed by atoms with Crippen molar-refractivity contribution in [3.63, 3.8) is 0 Å². The van der Waals surface area contributed by atoms with Crippen LogP contribution in [0.1, 0.15) is 16.7 Å². The zero-order valence-corrected chi connectivity index (χ0v) is 21.9. The lowest BCUT2D eigenvalue weighted by molar-refractivity contribution is -0.143. The Morgan fingerprint density at radius 1 is 1.11 bits per heavy atom. The van der Waals surface area contributed by atoms with Crippen molar-refractivity contribution in [1.29, 1.82) is 0 Å². The van der Waals surface area contributed by atoms with E-state index in [1.165, 1.54) is 20.3 Å². The third-order valence-corrected chi connectivity index (χ3v) is 6.66. The van der Waals surface area contributed by atoms with Crippen molar-refractivity contribution in [3.8, 4) is 11.5 Å². The molecule has 11 heteroatoms. The SMILES string of the molecule is COC(=O)COc1cc(Br)c(/C=C2/SC(=O)N(CC(=O)Nc3c(C)cccc3C)C2=O)cc1OC. The van der Waals surface area contributed by atoms with Gasteiger partial charge in [-0.25, -0.2) is 4.79 Å². The van der Waals surface area contributed by atoms with Crippen molar-refractivity contribution in [2.75, 3.05) is 32.7 Å². The monoisotopic (exact) mass is 562 g/mol. The molecule has 1 aliphatic rings.